The molecule has 0 saturated heterocycles. The Morgan fingerprint density at radius 2 is 2.11 bits per heavy atom. The zero-order valence-electron chi connectivity index (χ0n) is 10.4. The Kier molecular flexibility index (Phi) is 4.50. The van der Waals surface area contributed by atoms with Crippen LogP contribution >= 0.6 is 0 Å². The highest BCUT2D eigenvalue weighted by molar-refractivity contribution is 5.80. The summed E-state index contributed by atoms with van der Waals surface area (Å²) in [6, 6.07) is 7.93. The van der Waals surface area contributed by atoms with Crippen LogP contribution in [0.1, 0.15) is 5.56 Å². The second-order valence-electron chi connectivity index (χ2n) is 4.01. The lowest BCUT2D eigenvalue weighted by Crippen LogP contribution is -2.04. The third-order valence-corrected chi connectivity index (χ3v) is 2.68. The third-order valence-electron chi connectivity index (χ3n) is 2.68. The van der Waals surface area contributed by atoms with Crippen LogP contribution in [0.3, 0.4) is 0 Å². The first kappa shape index (κ1) is 12.8. The van der Waals surface area contributed by atoms with Gasteiger partial charge in [0, 0.05) is 19.1 Å². The molecule has 0 spiro atoms. The fraction of sp³-hybridized carbons (Fsp3) is 0.357. The number of rotatable bonds is 6. The molecule has 0 aliphatic carbocycles. The smallest absolute Gasteiger partial charge is 0.138 e. The number of fused-ring (bicyclic) bond motifs is 1. The van der Waals surface area contributed by atoms with E-state index >= 15 is 0 Å². The van der Waals surface area contributed by atoms with E-state index < -0.39 is 0 Å². The number of pyridine rings is 1. The zero-order valence-corrected chi connectivity index (χ0v) is 10.4. The van der Waals surface area contributed by atoms with Crippen LogP contribution < -0.4 is 4.74 Å². The minimum atomic E-state index is 0.156. The highest BCUT2D eigenvalue weighted by Gasteiger charge is 2.01. The second-order valence-corrected chi connectivity index (χ2v) is 4.01. The van der Waals surface area contributed by atoms with E-state index in [2.05, 4.69) is 4.98 Å². The fourth-order valence-corrected chi connectivity index (χ4v) is 1.77. The average molecular weight is 247 g/mol. The van der Waals surface area contributed by atoms with Crippen molar-refractivity contribution >= 4 is 10.9 Å². The highest BCUT2D eigenvalue weighted by Crippen LogP contribution is 2.19. The zero-order chi connectivity index (χ0) is 12.8. The maximum atomic E-state index is 8.94. The minimum absolute atomic E-state index is 0.156. The van der Waals surface area contributed by atoms with Gasteiger partial charge in [0.1, 0.15) is 12.4 Å². The van der Waals surface area contributed by atoms with E-state index in [-0.39, 0.29) is 6.61 Å². The lowest BCUT2D eigenvalue weighted by atomic mass is 10.1. The van der Waals surface area contributed by atoms with E-state index in [1.54, 1.807) is 13.3 Å². The van der Waals surface area contributed by atoms with Crippen LogP contribution in [0.2, 0.25) is 0 Å². The van der Waals surface area contributed by atoms with Gasteiger partial charge in [0.15, 0.2) is 0 Å². The van der Waals surface area contributed by atoms with Crippen LogP contribution in [0.15, 0.2) is 30.5 Å². The molecule has 1 heterocycles. The van der Waals surface area contributed by atoms with Crippen molar-refractivity contribution in [3.63, 3.8) is 0 Å². The highest BCUT2D eigenvalue weighted by atomic mass is 16.5. The summed E-state index contributed by atoms with van der Waals surface area (Å²) in [4.78, 5) is 4.33. The lowest BCUT2D eigenvalue weighted by Gasteiger charge is -2.07. The summed E-state index contributed by atoms with van der Waals surface area (Å²) in [5, 5.41) is 9.96. The van der Waals surface area contributed by atoms with E-state index in [1.807, 2.05) is 24.3 Å². The Balaban J connectivity index is 2.19. The number of hydrogen-bond acceptors (Lipinski definition) is 4. The molecule has 0 aliphatic heterocycles. The fourth-order valence-electron chi connectivity index (χ4n) is 1.77. The molecule has 18 heavy (non-hydrogen) atoms. The average Bonchev–Trinajstić information content (AvgIpc) is 2.39. The van der Waals surface area contributed by atoms with E-state index in [0.29, 0.717) is 19.6 Å². The maximum Gasteiger partial charge on any atom is 0.138 e. The van der Waals surface area contributed by atoms with Gasteiger partial charge < -0.3 is 14.6 Å². The Morgan fingerprint density at radius 3 is 2.89 bits per heavy atom. The summed E-state index contributed by atoms with van der Waals surface area (Å²) in [5.41, 5.74) is 2.02. The van der Waals surface area contributed by atoms with Gasteiger partial charge in [0.05, 0.1) is 18.3 Å². The standard InChI is InChI=1S/C14H17NO3/c1-17-6-7-18-13-9-12-8-11(4-5-16)2-3-14(12)15-10-13/h2-3,8-10,16H,4-7H2,1H3. The lowest BCUT2D eigenvalue weighted by molar-refractivity contribution is 0.146. The van der Waals surface area contributed by atoms with Crippen LogP contribution in [0.25, 0.3) is 10.9 Å². The quantitative estimate of drug-likeness (QED) is 0.791. The molecular weight excluding hydrogens is 230 g/mol. The van der Waals surface area contributed by atoms with Crippen LogP contribution in [-0.4, -0.2) is 37.0 Å². The van der Waals surface area contributed by atoms with Gasteiger partial charge in [-0.05, 0) is 30.2 Å². The molecule has 0 atom stereocenters. The number of methoxy groups -OCH3 is 1. The topological polar surface area (TPSA) is 51.6 Å². The molecule has 0 saturated carbocycles. The molecule has 1 aromatic carbocycles. The first-order valence-corrected chi connectivity index (χ1v) is 5.95. The second kappa shape index (κ2) is 6.33. The number of ether oxygens (including phenoxy) is 2. The van der Waals surface area contributed by atoms with Gasteiger partial charge in [-0.2, -0.15) is 0 Å². The molecule has 96 valence electrons. The minimum Gasteiger partial charge on any atom is -0.490 e. The molecule has 0 unspecified atom stereocenters. The third kappa shape index (κ3) is 3.18. The van der Waals surface area contributed by atoms with Gasteiger partial charge >= 0.3 is 0 Å². The van der Waals surface area contributed by atoms with Gasteiger partial charge in [-0.15, -0.1) is 0 Å². The normalized spacial score (nSPS) is 10.8. The van der Waals surface area contributed by atoms with Crippen molar-refractivity contribution in [1.82, 2.24) is 4.98 Å². The van der Waals surface area contributed by atoms with Crippen LogP contribution in [-0.2, 0) is 11.2 Å². The van der Waals surface area contributed by atoms with Crippen LogP contribution in [0.4, 0.5) is 0 Å². The predicted molar refractivity (Wildman–Crippen MR) is 69.9 cm³/mol. The van der Waals surface area contributed by atoms with Crippen molar-refractivity contribution in [2.24, 2.45) is 0 Å². The summed E-state index contributed by atoms with van der Waals surface area (Å²) < 4.78 is 10.4. The van der Waals surface area contributed by atoms with Crippen molar-refractivity contribution in [2.45, 2.75) is 6.42 Å². The number of aromatic nitrogens is 1. The summed E-state index contributed by atoms with van der Waals surface area (Å²) in [6.45, 7) is 1.23. The van der Waals surface area contributed by atoms with E-state index in [4.69, 9.17) is 14.6 Å². The van der Waals surface area contributed by atoms with Crippen molar-refractivity contribution in [1.29, 1.82) is 0 Å². The largest absolute Gasteiger partial charge is 0.490 e. The number of aliphatic hydroxyl groups is 1. The molecule has 2 aromatic rings. The van der Waals surface area contributed by atoms with Crippen molar-refractivity contribution in [2.75, 3.05) is 26.9 Å². The summed E-state index contributed by atoms with van der Waals surface area (Å²) in [6.07, 6.45) is 2.37. The first-order chi connectivity index (χ1) is 8.83. The molecule has 0 amide bonds. The van der Waals surface area contributed by atoms with Gasteiger partial charge in [-0.3, -0.25) is 4.98 Å². The molecule has 0 radical (unpaired) electrons. The van der Waals surface area contributed by atoms with E-state index in [0.717, 1.165) is 22.2 Å². The number of hydrogen-bond donors (Lipinski definition) is 1. The molecule has 1 aromatic heterocycles. The van der Waals surface area contributed by atoms with Gasteiger partial charge in [-0.25, -0.2) is 0 Å². The summed E-state index contributed by atoms with van der Waals surface area (Å²) in [5.74, 6) is 0.737. The van der Waals surface area contributed by atoms with E-state index in [1.165, 1.54) is 0 Å². The molecule has 2 rings (SSSR count). The molecule has 4 nitrogen and oxygen atoms in total. The monoisotopic (exact) mass is 247 g/mol. The van der Waals surface area contributed by atoms with Gasteiger partial charge in [0.25, 0.3) is 0 Å². The molecule has 1 N–H and O–H groups in total. The number of aliphatic hydroxyl groups excluding tert-OH is 1. The molecular formula is C14H17NO3. The Morgan fingerprint density at radius 1 is 1.22 bits per heavy atom. The van der Waals surface area contributed by atoms with E-state index in [9.17, 15) is 0 Å². The van der Waals surface area contributed by atoms with Gasteiger partial charge in [0.2, 0.25) is 0 Å². The summed E-state index contributed by atoms with van der Waals surface area (Å²) in [7, 11) is 1.64. The first-order valence-electron chi connectivity index (χ1n) is 5.95. The van der Waals surface area contributed by atoms with Crippen LogP contribution in [0.5, 0.6) is 5.75 Å². The van der Waals surface area contributed by atoms with Crippen molar-refractivity contribution in [3.05, 3.63) is 36.0 Å². The molecule has 0 fully saturated rings. The summed E-state index contributed by atoms with van der Waals surface area (Å²) >= 11 is 0. The number of benzene rings is 1. The van der Waals surface area contributed by atoms with Crippen LogP contribution in [0, 0.1) is 0 Å². The molecule has 4 heteroatoms. The predicted octanol–water partition coefficient (Wildman–Crippen LogP) is 1.79. The maximum absolute atomic E-state index is 8.94. The number of nitrogens with zero attached hydrogens (tertiary/aromatic N) is 1. The molecule has 0 bridgehead atoms. The Hall–Kier alpha value is -1.65. The van der Waals surface area contributed by atoms with Crippen molar-refractivity contribution in [3.8, 4) is 5.75 Å². The van der Waals surface area contributed by atoms with Gasteiger partial charge in [-0.1, -0.05) is 6.07 Å². The Bertz CT molecular complexity index is 513. The Labute approximate surface area is 106 Å². The molecule has 0 aliphatic rings. The SMILES string of the molecule is COCCOc1cnc2ccc(CCO)cc2c1. The van der Waals surface area contributed by atoms with Crippen molar-refractivity contribution < 1.29 is 14.6 Å².